The van der Waals surface area contributed by atoms with E-state index in [1.807, 2.05) is 6.92 Å². The molecule has 0 saturated carbocycles. The molecule has 0 bridgehead atoms. The van der Waals surface area contributed by atoms with Crippen molar-refractivity contribution in [3.05, 3.63) is 48.0 Å². The van der Waals surface area contributed by atoms with Gasteiger partial charge in [-0.1, -0.05) is 6.92 Å². The molecule has 0 unspecified atom stereocenters. The van der Waals surface area contributed by atoms with E-state index < -0.39 is 23.7 Å². The van der Waals surface area contributed by atoms with Gasteiger partial charge in [0.15, 0.2) is 17.3 Å². The number of hydrogen-bond acceptors (Lipinski definition) is 5. The fourth-order valence-electron chi connectivity index (χ4n) is 3.05. The summed E-state index contributed by atoms with van der Waals surface area (Å²) in [5.41, 5.74) is -1.41. The van der Waals surface area contributed by atoms with Crippen molar-refractivity contribution in [2.24, 2.45) is 7.05 Å². The molecule has 4 aromatic heterocycles. The van der Waals surface area contributed by atoms with Crippen molar-refractivity contribution in [2.75, 3.05) is 5.75 Å². The van der Waals surface area contributed by atoms with E-state index in [9.17, 15) is 26.3 Å². The largest absolute Gasteiger partial charge is 0.435 e. The van der Waals surface area contributed by atoms with Crippen molar-refractivity contribution in [3.63, 3.8) is 0 Å². The van der Waals surface area contributed by atoms with Crippen molar-refractivity contribution in [1.82, 2.24) is 29.3 Å². The van der Waals surface area contributed by atoms with Gasteiger partial charge in [-0.05, 0) is 30.0 Å². The van der Waals surface area contributed by atoms with Crippen LogP contribution in [0.15, 0.2) is 41.6 Å². The first-order valence-electron chi connectivity index (χ1n) is 9.16. The van der Waals surface area contributed by atoms with Crippen LogP contribution in [0.25, 0.3) is 28.4 Å². The lowest BCUT2D eigenvalue weighted by Gasteiger charge is -2.10. The zero-order valence-electron chi connectivity index (χ0n) is 16.5. The molecule has 0 aliphatic heterocycles. The Kier molecular flexibility index (Phi) is 5.39. The van der Waals surface area contributed by atoms with Crippen molar-refractivity contribution < 1.29 is 26.3 Å². The highest BCUT2D eigenvalue weighted by molar-refractivity contribution is 7.99. The fraction of sp³-hybridized carbons (Fsp3) is 0.263. The summed E-state index contributed by atoms with van der Waals surface area (Å²) in [7, 11) is 1.60. The fourth-order valence-corrected chi connectivity index (χ4v) is 3.80. The van der Waals surface area contributed by atoms with Crippen LogP contribution >= 0.6 is 11.8 Å². The van der Waals surface area contributed by atoms with E-state index in [2.05, 4.69) is 20.1 Å². The Hall–Kier alpha value is -3.09. The van der Waals surface area contributed by atoms with Gasteiger partial charge in [-0.25, -0.2) is 19.6 Å². The van der Waals surface area contributed by atoms with Gasteiger partial charge in [-0.3, -0.25) is 0 Å². The number of hydrogen-bond donors (Lipinski definition) is 0. The normalized spacial score (nSPS) is 12.6. The van der Waals surface area contributed by atoms with Gasteiger partial charge in [-0.15, -0.1) is 11.8 Å². The number of rotatable bonds is 4. The molecule has 0 atom stereocenters. The molecule has 0 aliphatic rings. The zero-order chi connectivity index (χ0) is 23.3. The lowest BCUT2D eigenvalue weighted by molar-refractivity contribution is -0.142. The third-order valence-electron chi connectivity index (χ3n) is 4.53. The first-order chi connectivity index (χ1) is 15.0. The van der Waals surface area contributed by atoms with E-state index in [0.717, 1.165) is 29.2 Å². The Labute approximate surface area is 181 Å². The maximum Gasteiger partial charge on any atom is 0.435 e. The number of aryl methyl sites for hydroxylation is 1. The topological polar surface area (TPSA) is 61.4 Å². The van der Waals surface area contributed by atoms with Crippen LogP contribution in [0.5, 0.6) is 0 Å². The molecule has 32 heavy (non-hydrogen) atoms. The molecule has 0 aliphatic carbocycles. The Balaban J connectivity index is 1.86. The highest BCUT2D eigenvalue weighted by Crippen LogP contribution is 2.34. The standard InChI is InChI=1S/C19H14F6N6S/c1-3-32-12-4-5-15(31-7-6-13(29-31)18(20,21)22)28-16(12)17-27-10-8-14(19(23,24)25)26-9-11(10)30(17)2/h4-9H,3H2,1-2H3. The minimum Gasteiger partial charge on any atom is -0.325 e. The summed E-state index contributed by atoms with van der Waals surface area (Å²) in [6.07, 6.45) is -7.01. The zero-order valence-corrected chi connectivity index (χ0v) is 17.3. The molecule has 0 radical (unpaired) electrons. The molecule has 0 N–H and O–H groups in total. The van der Waals surface area contributed by atoms with Gasteiger partial charge in [0.1, 0.15) is 11.4 Å². The summed E-state index contributed by atoms with van der Waals surface area (Å²) in [4.78, 5) is 12.9. The summed E-state index contributed by atoms with van der Waals surface area (Å²) >= 11 is 1.41. The van der Waals surface area contributed by atoms with Crippen LogP contribution in [0.1, 0.15) is 18.3 Å². The number of alkyl halides is 6. The lowest BCUT2D eigenvalue weighted by atomic mass is 10.3. The number of halogens is 6. The number of pyridine rings is 2. The predicted molar refractivity (Wildman–Crippen MR) is 105 cm³/mol. The Bertz CT molecular complexity index is 1290. The maximum atomic E-state index is 13.0. The van der Waals surface area contributed by atoms with Crippen LogP contribution in [0.3, 0.4) is 0 Å². The average Bonchev–Trinajstić information content (AvgIpc) is 3.33. The van der Waals surface area contributed by atoms with E-state index in [1.165, 1.54) is 17.8 Å². The Morgan fingerprint density at radius 2 is 1.69 bits per heavy atom. The van der Waals surface area contributed by atoms with Gasteiger partial charge in [0.25, 0.3) is 0 Å². The van der Waals surface area contributed by atoms with Gasteiger partial charge in [-0.2, -0.15) is 31.4 Å². The highest BCUT2D eigenvalue weighted by Gasteiger charge is 2.34. The first-order valence-corrected chi connectivity index (χ1v) is 10.1. The molecule has 4 rings (SSSR count). The van der Waals surface area contributed by atoms with E-state index in [-0.39, 0.29) is 17.2 Å². The summed E-state index contributed by atoms with van der Waals surface area (Å²) in [5, 5.41) is 3.53. The smallest absolute Gasteiger partial charge is 0.325 e. The first kappa shape index (κ1) is 22.1. The van der Waals surface area contributed by atoms with E-state index in [4.69, 9.17) is 0 Å². The molecule has 0 fully saturated rings. The van der Waals surface area contributed by atoms with Crippen molar-refractivity contribution in [1.29, 1.82) is 0 Å². The second kappa shape index (κ2) is 7.80. The van der Waals surface area contributed by atoms with Crippen LogP contribution in [-0.4, -0.2) is 35.1 Å². The number of aromatic nitrogens is 6. The molecular formula is C19H14F6N6S. The van der Waals surface area contributed by atoms with E-state index in [0.29, 0.717) is 21.9 Å². The monoisotopic (exact) mass is 472 g/mol. The van der Waals surface area contributed by atoms with Crippen LogP contribution in [0.4, 0.5) is 26.3 Å². The summed E-state index contributed by atoms with van der Waals surface area (Å²) in [6, 6.07) is 4.86. The van der Waals surface area contributed by atoms with Gasteiger partial charge < -0.3 is 4.57 Å². The third-order valence-corrected chi connectivity index (χ3v) is 5.46. The number of nitrogens with zero attached hydrogens (tertiary/aromatic N) is 6. The second-order valence-corrected chi connectivity index (χ2v) is 7.95. The minimum atomic E-state index is -4.62. The molecule has 0 aromatic carbocycles. The summed E-state index contributed by atoms with van der Waals surface area (Å²) in [5.74, 6) is 1.02. The van der Waals surface area contributed by atoms with Crippen molar-refractivity contribution >= 4 is 22.8 Å². The Morgan fingerprint density at radius 1 is 0.969 bits per heavy atom. The second-order valence-electron chi connectivity index (χ2n) is 6.64. The molecular weight excluding hydrogens is 458 g/mol. The van der Waals surface area contributed by atoms with Crippen molar-refractivity contribution in [3.8, 4) is 17.3 Å². The van der Waals surface area contributed by atoms with Gasteiger partial charge in [0.05, 0.1) is 17.2 Å². The van der Waals surface area contributed by atoms with E-state index in [1.54, 1.807) is 17.7 Å². The number of imidazole rings is 1. The number of fused-ring (bicyclic) bond motifs is 1. The molecule has 168 valence electrons. The van der Waals surface area contributed by atoms with Gasteiger partial charge in [0, 0.05) is 18.1 Å². The molecule has 0 amide bonds. The quantitative estimate of drug-likeness (QED) is 0.295. The molecule has 13 heteroatoms. The van der Waals surface area contributed by atoms with Crippen LogP contribution < -0.4 is 0 Å². The highest BCUT2D eigenvalue weighted by atomic mass is 32.2. The third kappa shape index (κ3) is 4.04. The predicted octanol–water partition coefficient (Wildman–Crippen LogP) is 5.37. The van der Waals surface area contributed by atoms with Gasteiger partial charge >= 0.3 is 12.4 Å². The molecule has 0 spiro atoms. The van der Waals surface area contributed by atoms with Gasteiger partial charge in [0.2, 0.25) is 0 Å². The molecule has 0 saturated heterocycles. The summed E-state index contributed by atoms with van der Waals surface area (Å²) in [6.45, 7) is 1.90. The van der Waals surface area contributed by atoms with Crippen LogP contribution in [0, 0.1) is 0 Å². The summed E-state index contributed by atoms with van der Waals surface area (Å²) < 4.78 is 80.4. The number of thioether (sulfide) groups is 1. The SMILES string of the molecule is CCSc1ccc(-n2ccc(C(F)(F)F)n2)nc1-c1nc2cc(C(F)(F)F)ncc2n1C. The molecule has 4 heterocycles. The molecule has 6 nitrogen and oxygen atoms in total. The lowest BCUT2D eigenvalue weighted by Crippen LogP contribution is -2.08. The average molecular weight is 472 g/mol. The maximum absolute atomic E-state index is 13.0. The minimum absolute atomic E-state index is 0.0722. The van der Waals surface area contributed by atoms with Crippen molar-refractivity contribution in [2.45, 2.75) is 24.2 Å². The van der Waals surface area contributed by atoms with E-state index >= 15 is 0 Å². The molecule has 4 aromatic rings. The Morgan fingerprint density at radius 3 is 2.31 bits per heavy atom. The van der Waals surface area contributed by atoms with Crippen LogP contribution in [-0.2, 0) is 19.4 Å². The van der Waals surface area contributed by atoms with Crippen LogP contribution in [0.2, 0.25) is 0 Å².